The lowest BCUT2D eigenvalue weighted by molar-refractivity contribution is -0.147. The number of halogens is 3. The second-order valence-corrected chi connectivity index (χ2v) is 16.6. The van der Waals surface area contributed by atoms with Crippen molar-refractivity contribution < 1.29 is 44.3 Å². The van der Waals surface area contributed by atoms with Crippen LogP contribution in [0.15, 0.2) is 27.0 Å². The first-order valence-electron chi connectivity index (χ1n) is 15.2. The average Bonchev–Trinajstić information content (AvgIpc) is 3.19. The standard InChI is InChI=1S/C19H22F3N5O3S2.C11H23N3O4S/c1-18(2)16(28)27(13-7-8-15(23-3)14(11-13)19(20,21)22)17(31)26(18)9-6-10-32(29,30)24-12-25(4)5;1-11(2,10(15)18-5)12-7-6-8-19(16,17)13-9-14(3)4/h7-8,11-12H,6,9-10H2,1-2,4-5H3;9,12H,6-8H2,1-5H3. The molecule has 1 aliphatic heterocycles. The van der Waals surface area contributed by atoms with Gasteiger partial charge in [0, 0.05) is 40.4 Å². The summed E-state index contributed by atoms with van der Waals surface area (Å²) >= 11 is 5.36. The highest BCUT2D eigenvalue weighted by atomic mass is 32.2. The summed E-state index contributed by atoms with van der Waals surface area (Å²) in [5.74, 6) is -1.30. The molecule has 0 spiro atoms. The van der Waals surface area contributed by atoms with Gasteiger partial charge in [0.25, 0.3) is 26.0 Å². The van der Waals surface area contributed by atoms with Gasteiger partial charge in [-0.25, -0.2) is 21.7 Å². The largest absolute Gasteiger partial charge is 0.468 e. The quantitative estimate of drug-likeness (QED) is 0.0692. The van der Waals surface area contributed by atoms with Crippen LogP contribution in [0.4, 0.5) is 24.5 Å². The summed E-state index contributed by atoms with van der Waals surface area (Å²) in [6, 6.07) is 2.94. The van der Waals surface area contributed by atoms with Crippen LogP contribution < -0.4 is 10.2 Å². The van der Waals surface area contributed by atoms with Crippen molar-refractivity contribution >= 4 is 73.3 Å². The molecule has 1 N–H and O–H groups in total. The highest BCUT2D eigenvalue weighted by Crippen LogP contribution is 2.40. The Morgan fingerprint density at radius 2 is 1.55 bits per heavy atom. The fourth-order valence-corrected chi connectivity index (χ4v) is 6.64. The number of nitrogens with one attached hydrogen (secondary N) is 1. The minimum atomic E-state index is -4.78. The van der Waals surface area contributed by atoms with E-state index in [-0.39, 0.29) is 41.2 Å². The van der Waals surface area contributed by atoms with Crippen LogP contribution in [0.25, 0.3) is 4.85 Å². The normalized spacial score (nSPS) is 15.2. The van der Waals surface area contributed by atoms with Gasteiger partial charge in [-0.1, -0.05) is 6.07 Å². The molecule has 15 nitrogen and oxygen atoms in total. The Bertz CT molecular complexity index is 1740. The van der Waals surface area contributed by atoms with Gasteiger partial charge in [-0.15, -0.1) is 0 Å². The number of esters is 1. The Hall–Kier alpha value is -3.87. The van der Waals surface area contributed by atoms with E-state index in [1.807, 2.05) is 0 Å². The van der Waals surface area contributed by atoms with Crippen LogP contribution in [0.5, 0.6) is 0 Å². The molecule has 51 heavy (non-hydrogen) atoms. The number of carbonyl (C=O) groups is 2. The zero-order valence-corrected chi connectivity index (χ0v) is 32.4. The molecule has 1 saturated heterocycles. The molecule has 1 aliphatic rings. The molecule has 21 heteroatoms. The van der Waals surface area contributed by atoms with Crippen molar-refractivity contribution in [3.63, 3.8) is 0 Å². The van der Waals surface area contributed by atoms with Gasteiger partial charge in [-0.3, -0.25) is 14.5 Å². The molecule has 1 amide bonds. The molecule has 1 aromatic rings. The minimum Gasteiger partial charge on any atom is -0.468 e. The lowest BCUT2D eigenvalue weighted by atomic mass is 10.0. The smallest absolute Gasteiger partial charge is 0.407 e. The fraction of sp³-hybridized carbons (Fsp3) is 0.600. The summed E-state index contributed by atoms with van der Waals surface area (Å²) in [5.41, 5.74) is -3.89. The molecule has 2 rings (SSSR count). The second-order valence-electron chi connectivity index (χ2n) is 12.6. The molecule has 1 fully saturated rings. The number of nitrogens with zero attached hydrogens (tertiary/aromatic N) is 7. The Morgan fingerprint density at radius 3 is 2.00 bits per heavy atom. The van der Waals surface area contributed by atoms with E-state index in [0.29, 0.717) is 13.0 Å². The number of rotatable bonds is 15. The molecular formula is C30H45F3N8O7S3. The maximum atomic E-state index is 13.4. The van der Waals surface area contributed by atoms with Gasteiger partial charge in [0.2, 0.25) is 0 Å². The summed E-state index contributed by atoms with van der Waals surface area (Å²) in [6.07, 6.45) is -1.90. The van der Waals surface area contributed by atoms with Crippen molar-refractivity contribution in [2.24, 2.45) is 8.80 Å². The third-order valence-corrected chi connectivity index (χ3v) is 9.83. The molecule has 0 bridgehead atoms. The topological polar surface area (TPSA) is 166 Å². The first-order chi connectivity index (χ1) is 23.2. The van der Waals surface area contributed by atoms with Crippen molar-refractivity contribution in [3.05, 3.63) is 35.2 Å². The van der Waals surface area contributed by atoms with Crippen molar-refractivity contribution in [2.75, 3.05) is 64.8 Å². The van der Waals surface area contributed by atoms with Crippen molar-refractivity contribution in [3.8, 4) is 0 Å². The Morgan fingerprint density at radius 1 is 1.04 bits per heavy atom. The van der Waals surface area contributed by atoms with Crippen LogP contribution >= 0.6 is 12.2 Å². The lowest BCUT2D eigenvalue weighted by Gasteiger charge is -2.29. The summed E-state index contributed by atoms with van der Waals surface area (Å²) in [6.45, 7) is 13.9. The van der Waals surface area contributed by atoms with Crippen LogP contribution in [-0.2, 0) is 40.5 Å². The van der Waals surface area contributed by atoms with E-state index in [0.717, 1.165) is 23.4 Å². The number of ether oxygens (including phenoxy) is 1. The Kier molecular flexibility index (Phi) is 16.0. The van der Waals surface area contributed by atoms with Gasteiger partial charge in [0.05, 0.1) is 30.8 Å². The highest BCUT2D eigenvalue weighted by molar-refractivity contribution is 7.90. The van der Waals surface area contributed by atoms with Crippen molar-refractivity contribution in [2.45, 2.75) is 57.8 Å². The van der Waals surface area contributed by atoms with Crippen LogP contribution in [0.2, 0.25) is 0 Å². The lowest BCUT2D eigenvalue weighted by Crippen LogP contribution is -2.48. The van der Waals surface area contributed by atoms with E-state index in [1.54, 1.807) is 60.8 Å². The van der Waals surface area contributed by atoms with Gasteiger partial charge < -0.3 is 24.8 Å². The molecule has 0 atom stereocenters. The molecule has 0 saturated carbocycles. The summed E-state index contributed by atoms with van der Waals surface area (Å²) < 4.78 is 98.7. The molecule has 0 radical (unpaired) electrons. The number of benzene rings is 1. The van der Waals surface area contributed by atoms with Gasteiger partial charge in [0.1, 0.15) is 23.8 Å². The Labute approximate surface area is 303 Å². The molecule has 0 aliphatic carbocycles. The number of anilines is 1. The minimum absolute atomic E-state index is 0.0436. The number of alkyl halides is 3. The summed E-state index contributed by atoms with van der Waals surface area (Å²) in [7, 11) is 0.774. The van der Waals surface area contributed by atoms with Crippen molar-refractivity contribution in [1.29, 1.82) is 0 Å². The number of hydrogen-bond donors (Lipinski definition) is 1. The van der Waals surface area contributed by atoms with E-state index in [1.165, 1.54) is 29.3 Å². The number of sulfonamides is 2. The van der Waals surface area contributed by atoms with E-state index in [2.05, 4.69) is 23.7 Å². The van der Waals surface area contributed by atoms with Gasteiger partial charge >= 0.3 is 12.1 Å². The SMILES string of the molecule is COC(=O)C(C)(C)NCCCS(=O)(=O)N=CN(C)C.[C-]#[N+]c1ccc(N2C(=O)C(C)(C)N(CCCS(=O)(=O)N=CN(C)C)C2=S)cc1C(F)(F)F. The molecule has 1 aromatic carbocycles. The molecule has 286 valence electrons. The zero-order valence-electron chi connectivity index (χ0n) is 30.0. The zero-order chi connectivity index (χ0) is 39.6. The number of thiocarbonyl (C=S) groups is 1. The fourth-order valence-electron chi connectivity index (χ4n) is 4.25. The third kappa shape index (κ3) is 13.6. The molecule has 1 heterocycles. The monoisotopic (exact) mass is 782 g/mol. The molecule has 0 aromatic heterocycles. The van der Waals surface area contributed by atoms with Gasteiger partial charge in [-0.05, 0) is 71.4 Å². The number of hydrogen-bond acceptors (Lipinski definition) is 9. The predicted octanol–water partition coefficient (Wildman–Crippen LogP) is 3.12. The number of amides is 1. The van der Waals surface area contributed by atoms with E-state index in [9.17, 15) is 39.6 Å². The maximum absolute atomic E-state index is 13.4. The number of methoxy groups -OCH3 is 1. The third-order valence-electron chi connectivity index (χ3n) is 6.99. The van der Waals surface area contributed by atoms with E-state index >= 15 is 0 Å². The van der Waals surface area contributed by atoms with Gasteiger partial charge in [0.15, 0.2) is 10.8 Å². The predicted molar refractivity (Wildman–Crippen MR) is 194 cm³/mol. The van der Waals surface area contributed by atoms with Crippen molar-refractivity contribution in [1.82, 2.24) is 20.0 Å². The van der Waals surface area contributed by atoms with Crippen LogP contribution in [-0.4, -0.2) is 132 Å². The van der Waals surface area contributed by atoms with E-state index < -0.39 is 54.5 Å². The number of carbonyl (C=O) groups excluding carboxylic acids is 2. The van der Waals surface area contributed by atoms with Crippen LogP contribution in [0.3, 0.4) is 0 Å². The Balaban J connectivity index is 0.000000586. The van der Waals surface area contributed by atoms with Crippen LogP contribution in [0, 0.1) is 6.57 Å². The first kappa shape index (κ1) is 45.2. The van der Waals surface area contributed by atoms with Gasteiger partial charge in [-0.2, -0.15) is 22.0 Å². The second kappa shape index (κ2) is 18.1. The maximum Gasteiger partial charge on any atom is 0.407 e. The molecule has 0 unspecified atom stereocenters. The molecular weight excluding hydrogens is 738 g/mol. The highest BCUT2D eigenvalue weighted by Gasteiger charge is 2.49. The first-order valence-corrected chi connectivity index (χ1v) is 18.8. The average molecular weight is 783 g/mol. The van der Waals surface area contributed by atoms with Crippen LogP contribution in [0.1, 0.15) is 46.1 Å². The summed E-state index contributed by atoms with van der Waals surface area (Å²) in [5, 5.41) is 2.90. The summed E-state index contributed by atoms with van der Waals surface area (Å²) in [4.78, 5) is 32.8. The van der Waals surface area contributed by atoms with E-state index in [4.69, 9.17) is 18.8 Å².